The highest BCUT2D eigenvalue weighted by atomic mass is 32.1. The normalized spacial score (nSPS) is 11.8. The van der Waals surface area contributed by atoms with E-state index >= 15 is 0 Å². The van der Waals surface area contributed by atoms with Gasteiger partial charge < -0.3 is 9.13 Å². The molecule has 0 aliphatic rings. The van der Waals surface area contributed by atoms with Crippen LogP contribution in [0.2, 0.25) is 0 Å². The quantitative estimate of drug-likeness (QED) is 0.195. The van der Waals surface area contributed by atoms with Crippen molar-refractivity contribution in [3.63, 3.8) is 0 Å². The number of benzene rings is 7. The van der Waals surface area contributed by atoms with Crippen LogP contribution < -0.4 is 0 Å². The van der Waals surface area contributed by atoms with Crippen molar-refractivity contribution in [1.29, 1.82) is 5.26 Å². The average molecular weight is 616 g/mol. The Morgan fingerprint density at radius 3 is 1.66 bits per heavy atom. The van der Waals surface area contributed by atoms with E-state index in [1.54, 1.807) is 0 Å². The molecule has 3 nitrogen and oxygen atoms in total. The first-order chi connectivity index (χ1) is 23.3. The lowest BCUT2D eigenvalue weighted by Crippen LogP contribution is -2.02. The van der Waals surface area contributed by atoms with Gasteiger partial charge in [-0.25, -0.2) is 0 Å². The van der Waals surface area contributed by atoms with Crippen LogP contribution >= 0.6 is 11.3 Å². The Hall–Kier alpha value is -6.15. The standard InChI is InChI=1S/C43H25N3S/c44-26-27-21-22-32(30-13-3-8-18-38(30)45-36-16-6-1-11-28(36)29-12-2-7-17-37(29)45)40(23-27)46-39-19-9-4-14-31(39)34-25-43-35(24-41(34)46)33-15-5-10-20-42(33)47-43/h1-25H. The first-order valence-electron chi connectivity index (χ1n) is 15.8. The van der Waals surface area contributed by atoms with Crippen molar-refractivity contribution in [2.24, 2.45) is 0 Å². The molecule has 0 saturated carbocycles. The van der Waals surface area contributed by atoms with E-state index in [4.69, 9.17) is 0 Å². The molecule has 10 aromatic rings. The molecule has 7 aromatic carbocycles. The molecule has 0 spiro atoms. The Morgan fingerprint density at radius 2 is 0.957 bits per heavy atom. The van der Waals surface area contributed by atoms with Crippen molar-refractivity contribution in [2.45, 2.75) is 0 Å². The first-order valence-corrected chi connectivity index (χ1v) is 16.6. The van der Waals surface area contributed by atoms with Crippen LogP contribution in [0.5, 0.6) is 0 Å². The Balaban J connectivity index is 1.33. The summed E-state index contributed by atoms with van der Waals surface area (Å²) in [6.45, 7) is 0. The van der Waals surface area contributed by atoms with Crippen molar-refractivity contribution >= 4 is 75.1 Å². The van der Waals surface area contributed by atoms with Crippen molar-refractivity contribution in [3.05, 3.63) is 157 Å². The highest BCUT2D eigenvalue weighted by molar-refractivity contribution is 7.25. The van der Waals surface area contributed by atoms with Crippen LogP contribution in [0.25, 0.3) is 86.3 Å². The van der Waals surface area contributed by atoms with Crippen LogP contribution in [0, 0.1) is 11.3 Å². The summed E-state index contributed by atoms with van der Waals surface area (Å²) >= 11 is 1.84. The second-order valence-electron chi connectivity index (χ2n) is 12.0. The van der Waals surface area contributed by atoms with Crippen LogP contribution in [0.15, 0.2) is 152 Å². The lowest BCUT2D eigenvalue weighted by molar-refractivity contribution is 1.16. The van der Waals surface area contributed by atoms with E-state index in [0.717, 1.165) is 33.5 Å². The van der Waals surface area contributed by atoms with Crippen LogP contribution in [0.3, 0.4) is 0 Å². The van der Waals surface area contributed by atoms with Crippen molar-refractivity contribution in [1.82, 2.24) is 9.13 Å². The molecule has 0 radical (unpaired) electrons. The van der Waals surface area contributed by atoms with E-state index in [2.05, 4.69) is 161 Å². The molecule has 0 atom stereocenters. The third kappa shape index (κ3) is 3.72. The minimum Gasteiger partial charge on any atom is -0.309 e. The zero-order valence-corrected chi connectivity index (χ0v) is 26.0. The minimum atomic E-state index is 0.631. The molecule has 0 N–H and O–H groups in total. The van der Waals surface area contributed by atoms with Crippen molar-refractivity contribution in [2.75, 3.05) is 0 Å². The number of hydrogen-bond acceptors (Lipinski definition) is 2. The van der Waals surface area contributed by atoms with Crippen LogP contribution in [-0.4, -0.2) is 9.13 Å². The van der Waals surface area contributed by atoms with E-state index in [-0.39, 0.29) is 0 Å². The SMILES string of the molecule is N#Cc1ccc(-c2ccccc2-n2c3ccccc3c3ccccc32)c(-n2c3ccccc3c3cc4sc5ccccc5c4cc32)c1. The summed E-state index contributed by atoms with van der Waals surface area (Å²) in [7, 11) is 0. The summed E-state index contributed by atoms with van der Waals surface area (Å²) in [5.74, 6) is 0. The third-order valence-electron chi connectivity index (χ3n) is 9.55. The first kappa shape index (κ1) is 26.1. The molecule has 0 unspecified atom stereocenters. The van der Waals surface area contributed by atoms with Gasteiger partial charge in [-0.3, -0.25) is 0 Å². The molecular weight excluding hydrogens is 591 g/mol. The molecule has 0 bridgehead atoms. The highest BCUT2D eigenvalue weighted by Gasteiger charge is 2.21. The molecule has 3 aromatic heterocycles. The fraction of sp³-hybridized carbons (Fsp3) is 0. The maximum atomic E-state index is 10.2. The summed E-state index contributed by atoms with van der Waals surface area (Å²) in [5.41, 5.74) is 9.48. The predicted octanol–water partition coefficient (Wildman–Crippen LogP) is 11.8. The summed E-state index contributed by atoms with van der Waals surface area (Å²) in [5, 5.41) is 17.6. The zero-order valence-electron chi connectivity index (χ0n) is 25.2. The number of nitriles is 1. The fourth-order valence-corrected chi connectivity index (χ4v) is 8.67. The number of para-hydroxylation sites is 4. The van der Waals surface area contributed by atoms with E-state index in [0.29, 0.717) is 5.56 Å². The summed E-state index contributed by atoms with van der Waals surface area (Å²) in [6.07, 6.45) is 0. The van der Waals surface area contributed by atoms with Gasteiger partial charge in [0.25, 0.3) is 0 Å². The van der Waals surface area contributed by atoms with E-state index in [1.807, 2.05) is 17.4 Å². The maximum Gasteiger partial charge on any atom is 0.0992 e. The Kier molecular flexibility index (Phi) is 5.51. The molecular formula is C43H25N3S. The number of rotatable bonds is 3. The monoisotopic (exact) mass is 615 g/mol. The minimum absolute atomic E-state index is 0.631. The van der Waals surface area contributed by atoms with Crippen molar-refractivity contribution in [3.8, 4) is 28.6 Å². The van der Waals surface area contributed by atoms with E-state index in [1.165, 1.54) is 52.8 Å². The Bertz CT molecular complexity index is 2880. The lowest BCUT2D eigenvalue weighted by Gasteiger charge is -2.19. The number of hydrogen-bond donors (Lipinski definition) is 0. The van der Waals surface area contributed by atoms with Gasteiger partial charge in [-0.2, -0.15) is 5.26 Å². The molecule has 0 saturated heterocycles. The molecule has 4 heteroatoms. The van der Waals surface area contributed by atoms with Gasteiger partial charge in [0.1, 0.15) is 0 Å². The average Bonchev–Trinajstić information content (AvgIpc) is 3.77. The molecule has 0 aliphatic carbocycles. The van der Waals surface area contributed by atoms with Gasteiger partial charge in [-0.1, -0.05) is 97.1 Å². The van der Waals surface area contributed by atoms with Crippen molar-refractivity contribution < 1.29 is 0 Å². The third-order valence-corrected chi connectivity index (χ3v) is 10.7. The highest BCUT2D eigenvalue weighted by Crippen LogP contribution is 2.43. The van der Waals surface area contributed by atoms with Gasteiger partial charge in [-0.15, -0.1) is 11.3 Å². The summed E-state index contributed by atoms with van der Waals surface area (Å²) in [6, 6.07) is 56.5. The molecule has 0 aliphatic heterocycles. The summed E-state index contributed by atoms with van der Waals surface area (Å²) < 4.78 is 7.33. The van der Waals surface area contributed by atoms with Gasteiger partial charge in [0.05, 0.1) is 45.1 Å². The topological polar surface area (TPSA) is 33.6 Å². The predicted molar refractivity (Wildman–Crippen MR) is 198 cm³/mol. The molecule has 3 heterocycles. The summed E-state index contributed by atoms with van der Waals surface area (Å²) in [4.78, 5) is 0. The molecule has 0 amide bonds. The lowest BCUT2D eigenvalue weighted by atomic mass is 9.99. The van der Waals surface area contributed by atoms with Crippen LogP contribution in [0.4, 0.5) is 0 Å². The molecule has 0 fully saturated rings. The van der Waals surface area contributed by atoms with Gasteiger partial charge in [0.2, 0.25) is 0 Å². The Labute approximate surface area is 274 Å². The fourth-order valence-electron chi connectivity index (χ4n) is 7.54. The number of thiophene rings is 1. The molecule has 10 rings (SSSR count). The van der Waals surface area contributed by atoms with Gasteiger partial charge in [-0.05, 0) is 54.6 Å². The zero-order chi connectivity index (χ0) is 31.1. The Morgan fingerprint density at radius 1 is 0.404 bits per heavy atom. The largest absolute Gasteiger partial charge is 0.309 e. The van der Waals surface area contributed by atoms with Gasteiger partial charge in [0, 0.05) is 52.8 Å². The number of nitrogens with zero attached hydrogens (tertiary/aromatic N) is 3. The van der Waals surface area contributed by atoms with Crippen LogP contribution in [-0.2, 0) is 0 Å². The number of fused-ring (bicyclic) bond motifs is 9. The van der Waals surface area contributed by atoms with E-state index in [9.17, 15) is 5.26 Å². The van der Waals surface area contributed by atoms with E-state index < -0.39 is 0 Å². The second-order valence-corrected chi connectivity index (χ2v) is 13.1. The molecule has 47 heavy (non-hydrogen) atoms. The van der Waals surface area contributed by atoms with Gasteiger partial charge >= 0.3 is 0 Å². The van der Waals surface area contributed by atoms with Gasteiger partial charge in [0.15, 0.2) is 0 Å². The molecule has 218 valence electrons. The smallest absolute Gasteiger partial charge is 0.0992 e. The van der Waals surface area contributed by atoms with Crippen LogP contribution in [0.1, 0.15) is 5.56 Å². The number of aromatic nitrogens is 2. The maximum absolute atomic E-state index is 10.2. The second kappa shape index (κ2) is 9.92.